The van der Waals surface area contributed by atoms with Crippen LogP contribution < -0.4 is 0 Å². The Morgan fingerprint density at radius 1 is 0.515 bits per heavy atom. The van der Waals surface area contributed by atoms with Crippen LogP contribution in [0, 0.1) is 0 Å². The Hall–Kier alpha value is -2.62. The highest BCUT2D eigenvalue weighted by atomic mass is 35.5. The van der Waals surface area contributed by atoms with E-state index in [4.69, 9.17) is 46.4 Å². The predicted molar refractivity (Wildman–Crippen MR) is 143 cm³/mol. The van der Waals surface area contributed by atoms with E-state index >= 15 is 0 Å². The summed E-state index contributed by atoms with van der Waals surface area (Å²) in [5.41, 5.74) is 5.76. The van der Waals surface area contributed by atoms with Crippen molar-refractivity contribution in [2.24, 2.45) is 9.98 Å². The Morgan fingerprint density at radius 3 is 1.27 bits per heavy atom. The Bertz CT molecular complexity index is 1210. The maximum absolute atomic E-state index is 6.19. The van der Waals surface area contributed by atoms with Gasteiger partial charge in [-0.25, -0.2) is 0 Å². The zero-order chi connectivity index (χ0) is 23.2. The van der Waals surface area contributed by atoms with Crippen molar-refractivity contribution in [3.8, 4) is 0 Å². The van der Waals surface area contributed by atoms with Crippen molar-refractivity contribution in [2.75, 3.05) is 0 Å². The van der Waals surface area contributed by atoms with Gasteiger partial charge in [0.15, 0.2) is 0 Å². The van der Waals surface area contributed by atoms with E-state index in [1.165, 1.54) is 11.1 Å². The monoisotopic (exact) mass is 510 g/mol. The second kappa shape index (κ2) is 11.0. The van der Waals surface area contributed by atoms with Crippen LogP contribution in [0.2, 0.25) is 20.1 Å². The van der Waals surface area contributed by atoms with Gasteiger partial charge in [-0.15, -0.1) is 0 Å². The summed E-state index contributed by atoms with van der Waals surface area (Å²) < 4.78 is 0. The molecule has 0 fully saturated rings. The molecular weight excluding hydrogens is 494 g/mol. The molecule has 6 heteroatoms. The van der Waals surface area contributed by atoms with E-state index in [0.29, 0.717) is 20.1 Å². The quantitative estimate of drug-likeness (QED) is 0.230. The number of hydrogen-bond acceptors (Lipinski definition) is 2. The summed E-state index contributed by atoms with van der Waals surface area (Å²) in [4.78, 5) is 9.00. The van der Waals surface area contributed by atoms with Gasteiger partial charge in [-0.3, -0.25) is 9.98 Å². The summed E-state index contributed by atoms with van der Waals surface area (Å²) >= 11 is 24.2. The average molecular weight is 512 g/mol. The first-order chi connectivity index (χ1) is 16.0. The minimum atomic E-state index is 0.576. The fourth-order valence-corrected chi connectivity index (χ4v) is 4.05. The first-order valence-electron chi connectivity index (χ1n) is 10.1. The fraction of sp³-hybridized carbons (Fsp3) is 0.0370. The van der Waals surface area contributed by atoms with E-state index in [9.17, 15) is 0 Å². The molecule has 0 bridgehead atoms. The lowest BCUT2D eigenvalue weighted by molar-refractivity contribution is 1.19. The van der Waals surface area contributed by atoms with Gasteiger partial charge < -0.3 is 0 Å². The first-order valence-corrected chi connectivity index (χ1v) is 11.6. The number of halogens is 4. The molecule has 4 aromatic carbocycles. The van der Waals surface area contributed by atoms with Gasteiger partial charge in [0, 0.05) is 33.6 Å². The summed E-state index contributed by atoms with van der Waals surface area (Å²) in [5, 5.41) is 2.36. The summed E-state index contributed by atoms with van der Waals surface area (Å²) in [6, 6.07) is 26.9. The minimum Gasteiger partial charge on any atom is -0.256 e. The van der Waals surface area contributed by atoms with Gasteiger partial charge in [-0.1, -0.05) is 82.8 Å². The average Bonchev–Trinajstić information content (AvgIpc) is 2.80. The first kappa shape index (κ1) is 23.5. The van der Waals surface area contributed by atoms with Crippen LogP contribution in [0.1, 0.15) is 22.3 Å². The van der Waals surface area contributed by atoms with Crippen molar-refractivity contribution in [3.63, 3.8) is 0 Å². The Morgan fingerprint density at radius 2 is 0.909 bits per heavy atom. The van der Waals surface area contributed by atoms with E-state index < -0.39 is 0 Å². The van der Waals surface area contributed by atoms with Crippen LogP contribution >= 0.6 is 46.4 Å². The maximum Gasteiger partial charge on any atom is 0.0630 e. The van der Waals surface area contributed by atoms with E-state index in [1.54, 1.807) is 36.7 Å². The molecule has 33 heavy (non-hydrogen) atoms. The van der Waals surface area contributed by atoms with Crippen LogP contribution in [0.3, 0.4) is 0 Å². The topological polar surface area (TPSA) is 24.7 Å². The molecule has 2 nitrogen and oxygen atoms in total. The largest absolute Gasteiger partial charge is 0.256 e. The molecule has 0 spiro atoms. The molecule has 0 unspecified atom stereocenters. The second-order valence-corrected chi connectivity index (χ2v) is 9.05. The molecule has 0 aromatic heterocycles. The summed E-state index contributed by atoms with van der Waals surface area (Å²) in [5.74, 6) is 0. The molecule has 0 aliphatic rings. The van der Waals surface area contributed by atoms with Crippen molar-refractivity contribution in [2.45, 2.75) is 6.42 Å². The van der Waals surface area contributed by atoms with Gasteiger partial charge in [0.25, 0.3) is 0 Å². The molecule has 0 atom stereocenters. The van der Waals surface area contributed by atoms with Gasteiger partial charge in [0.2, 0.25) is 0 Å². The van der Waals surface area contributed by atoms with E-state index in [2.05, 4.69) is 34.3 Å². The molecule has 164 valence electrons. The highest BCUT2D eigenvalue weighted by Crippen LogP contribution is 2.23. The van der Waals surface area contributed by atoms with Crippen molar-refractivity contribution >= 4 is 70.2 Å². The van der Waals surface area contributed by atoms with Crippen LogP contribution in [-0.2, 0) is 6.42 Å². The van der Waals surface area contributed by atoms with Gasteiger partial charge in [0.1, 0.15) is 0 Å². The Balaban J connectivity index is 1.38. The lowest BCUT2D eigenvalue weighted by atomic mass is 10.0. The molecular formula is C27H18Cl4N2. The predicted octanol–water partition coefficient (Wildman–Crippen LogP) is 9.39. The van der Waals surface area contributed by atoms with Gasteiger partial charge in [0.05, 0.1) is 21.4 Å². The third-order valence-corrected chi connectivity index (χ3v) is 6.04. The molecule has 0 saturated heterocycles. The fourth-order valence-electron chi connectivity index (χ4n) is 3.14. The van der Waals surface area contributed by atoms with Crippen LogP contribution in [0.5, 0.6) is 0 Å². The molecule has 0 radical (unpaired) electrons. The molecule has 0 amide bonds. The SMILES string of the molecule is Clc1ccc(C=Nc2ccc(Cc3ccc(N=Cc4ccc(Cl)cc4Cl)cc3)cc2)c(Cl)c1. The number of benzene rings is 4. The van der Waals surface area contributed by atoms with Crippen LogP contribution in [-0.4, -0.2) is 12.4 Å². The highest BCUT2D eigenvalue weighted by Gasteiger charge is 2.01. The maximum atomic E-state index is 6.19. The van der Waals surface area contributed by atoms with Gasteiger partial charge in [-0.05, 0) is 66.1 Å². The number of hydrogen-bond donors (Lipinski definition) is 0. The van der Waals surface area contributed by atoms with Crippen LogP contribution in [0.15, 0.2) is 94.9 Å². The van der Waals surface area contributed by atoms with E-state index in [-0.39, 0.29) is 0 Å². The molecule has 0 heterocycles. The zero-order valence-electron chi connectivity index (χ0n) is 17.4. The number of rotatable bonds is 6. The molecule has 0 saturated carbocycles. The van der Waals surface area contributed by atoms with Crippen LogP contribution in [0.4, 0.5) is 11.4 Å². The number of aliphatic imine (C=N–C) groups is 2. The van der Waals surface area contributed by atoms with E-state index in [0.717, 1.165) is 28.9 Å². The van der Waals surface area contributed by atoms with Crippen molar-refractivity contribution in [1.82, 2.24) is 0 Å². The summed E-state index contributed by atoms with van der Waals surface area (Å²) in [6.45, 7) is 0. The zero-order valence-corrected chi connectivity index (χ0v) is 20.4. The normalized spacial score (nSPS) is 11.5. The van der Waals surface area contributed by atoms with E-state index in [1.807, 2.05) is 36.4 Å². The third kappa shape index (κ3) is 6.69. The summed E-state index contributed by atoms with van der Waals surface area (Å²) in [6.07, 6.45) is 4.30. The molecule has 4 rings (SSSR count). The van der Waals surface area contributed by atoms with Crippen molar-refractivity contribution < 1.29 is 0 Å². The van der Waals surface area contributed by atoms with Crippen molar-refractivity contribution in [1.29, 1.82) is 0 Å². The molecule has 0 aliphatic carbocycles. The van der Waals surface area contributed by atoms with Gasteiger partial charge >= 0.3 is 0 Å². The van der Waals surface area contributed by atoms with Gasteiger partial charge in [-0.2, -0.15) is 0 Å². The molecule has 0 N–H and O–H groups in total. The lowest BCUT2D eigenvalue weighted by Gasteiger charge is -2.04. The standard InChI is InChI=1S/C27H18Cl4N2/c28-22-7-5-20(26(30)14-22)16-32-24-9-1-18(2-10-24)13-19-3-11-25(12-4-19)33-17-21-6-8-23(29)15-27(21)31/h1-12,14-17H,13H2. The molecule has 0 aliphatic heterocycles. The Kier molecular flexibility index (Phi) is 7.85. The van der Waals surface area contributed by atoms with Crippen LogP contribution in [0.25, 0.3) is 0 Å². The third-order valence-electron chi connectivity index (χ3n) is 4.91. The van der Waals surface area contributed by atoms with Crippen molar-refractivity contribution in [3.05, 3.63) is 127 Å². The molecule has 4 aromatic rings. The lowest BCUT2D eigenvalue weighted by Crippen LogP contribution is -1.87. The number of nitrogens with zero attached hydrogens (tertiary/aromatic N) is 2. The Labute approximate surface area is 213 Å². The summed E-state index contributed by atoms with van der Waals surface area (Å²) in [7, 11) is 0. The minimum absolute atomic E-state index is 0.576. The highest BCUT2D eigenvalue weighted by molar-refractivity contribution is 6.36. The second-order valence-electron chi connectivity index (χ2n) is 7.36. The smallest absolute Gasteiger partial charge is 0.0630 e.